The molecule has 2 atom stereocenters. The minimum absolute atomic E-state index is 0.304. The van der Waals surface area contributed by atoms with Gasteiger partial charge in [0.2, 0.25) is 0 Å². The molecule has 6 nitrogen and oxygen atoms in total. The van der Waals surface area contributed by atoms with Crippen LogP contribution in [-0.2, 0) is 11.3 Å². The lowest BCUT2D eigenvalue weighted by molar-refractivity contribution is -0.173. The van der Waals surface area contributed by atoms with Crippen molar-refractivity contribution in [1.29, 1.82) is 0 Å². The van der Waals surface area contributed by atoms with E-state index in [4.69, 9.17) is 0 Å². The van der Waals surface area contributed by atoms with Crippen molar-refractivity contribution in [3.8, 4) is 0 Å². The van der Waals surface area contributed by atoms with Crippen LogP contribution in [0.3, 0.4) is 0 Å². The summed E-state index contributed by atoms with van der Waals surface area (Å²) in [5.74, 6) is -2.06. The number of anilines is 2. The molecule has 1 aliphatic rings. The number of halogens is 4. The largest absolute Gasteiger partial charge is 0.471 e. The van der Waals surface area contributed by atoms with E-state index in [0.29, 0.717) is 21.4 Å². The molecule has 0 aromatic heterocycles. The SMILES string of the molecule is O=C(NCc1cc(Br)cc2c1NC(O)C(O)N2)C(F)(F)F. The second kappa shape index (κ2) is 5.70. The van der Waals surface area contributed by atoms with Crippen molar-refractivity contribution in [2.75, 3.05) is 10.6 Å². The van der Waals surface area contributed by atoms with Crippen LogP contribution in [0.5, 0.6) is 0 Å². The van der Waals surface area contributed by atoms with Crippen LogP contribution in [0.4, 0.5) is 24.5 Å². The lowest BCUT2D eigenvalue weighted by atomic mass is 10.1. The van der Waals surface area contributed by atoms with Crippen LogP contribution in [0, 0.1) is 0 Å². The molecule has 1 aromatic rings. The van der Waals surface area contributed by atoms with Gasteiger partial charge in [0.15, 0.2) is 12.5 Å². The molecular weight excluding hydrogens is 359 g/mol. The normalized spacial score (nSPS) is 21.0. The van der Waals surface area contributed by atoms with Crippen LogP contribution in [0.25, 0.3) is 0 Å². The highest BCUT2D eigenvalue weighted by Crippen LogP contribution is 2.34. The third-order valence-electron chi connectivity index (χ3n) is 2.78. The Bertz CT molecular complexity index is 568. The quantitative estimate of drug-likeness (QED) is 0.538. The molecular formula is C11H11BrF3N3O3. The van der Waals surface area contributed by atoms with Gasteiger partial charge in [0, 0.05) is 11.0 Å². The highest BCUT2D eigenvalue weighted by Gasteiger charge is 2.38. The number of carbonyl (C=O) groups is 1. The molecule has 2 unspecified atom stereocenters. The molecule has 1 aromatic carbocycles. The first-order chi connectivity index (χ1) is 9.68. The van der Waals surface area contributed by atoms with Crippen molar-refractivity contribution in [3.05, 3.63) is 22.2 Å². The average Bonchev–Trinajstić information content (AvgIpc) is 2.36. The van der Waals surface area contributed by atoms with Crippen molar-refractivity contribution >= 4 is 33.2 Å². The zero-order valence-electron chi connectivity index (χ0n) is 10.3. The number of carbonyl (C=O) groups excluding carboxylic acids is 1. The number of hydrogen-bond acceptors (Lipinski definition) is 5. The topological polar surface area (TPSA) is 93.6 Å². The molecule has 0 saturated carbocycles. The predicted molar refractivity (Wildman–Crippen MR) is 71.3 cm³/mol. The standard InChI is InChI=1S/C11H11BrF3N3O3/c12-5-1-4(3-16-10(21)11(13,14)15)7-6(2-5)17-8(19)9(20)18-7/h1-2,8-9,17-20H,3H2,(H,16,21). The molecule has 2 rings (SSSR count). The molecule has 0 saturated heterocycles. The van der Waals surface area contributed by atoms with E-state index in [0.717, 1.165) is 0 Å². The molecule has 116 valence electrons. The van der Waals surface area contributed by atoms with Gasteiger partial charge >= 0.3 is 12.1 Å². The summed E-state index contributed by atoms with van der Waals surface area (Å²) >= 11 is 3.18. The number of fused-ring (bicyclic) bond motifs is 1. The van der Waals surface area contributed by atoms with Gasteiger partial charge in [-0.15, -0.1) is 0 Å². The third-order valence-corrected chi connectivity index (χ3v) is 3.23. The van der Waals surface area contributed by atoms with Crippen LogP contribution in [0.2, 0.25) is 0 Å². The maximum atomic E-state index is 12.2. The number of benzene rings is 1. The van der Waals surface area contributed by atoms with Crippen molar-refractivity contribution in [3.63, 3.8) is 0 Å². The summed E-state index contributed by atoms with van der Waals surface area (Å²) < 4.78 is 37.0. The Morgan fingerprint density at radius 3 is 2.52 bits per heavy atom. The van der Waals surface area contributed by atoms with E-state index in [1.807, 2.05) is 0 Å². The predicted octanol–water partition coefficient (Wildman–Crippen LogP) is 1.10. The second-order valence-electron chi connectivity index (χ2n) is 4.35. The first-order valence-electron chi connectivity index (χ1n) is 5.75. The fourth-order valence-electron chi connectivity index (χ4n) is 1.83. The van der Waals surface area contributed by atoms with Crippen molar-refractivity contribution < 1.29 is 28.2 Å². The maximum absolute atomic E-state index is 12.2. The Morgan fingerprint density at radius 2 is 1.90 bits per heavy atom. The minimum Gasteiger partial charge on any atom is -0.369 e. The summed E-state index contributed by atoms with van der Waals surface area (Å²) in [6.07, 6.45) is -7.55. The van der Waals surface area contributed by atoms with E-state index < -0.39 is 31.1 Å². The van der Waals surface area contributed by atoms with E-state index in [-0.39, 0.29) is 0 Å². The fraction of sp³-hybridized carbons (Fsp3) is 0.364. The first kappa shape index (κ1) is 15.9. The van der Waals surface area contributed by atoms with Gasteiger partial charge in [0.25, 0.3) is 0 Å². The van der Waals surface area contributed by atoms with E-state index in [2.05, 4.69) is 26.6 Å². The van der Waals surface area contributed by atoms with Crippen molar-refractivity contribution in [1.82, 2.24) is 5.32 Å². The Morgan fingerprint density at radius 1 is 1.29 bits per heavy atom. The Labute approximate surface area is 125 Å². The number of aliphatic hydroxyl groups is 2. The van der Waals surface area contributed by atoms with E-state index >= 15 is 0 Å². The molecule has 0 fully saturated rings. The van der Waals surface area contributed by atoms with E-state index in [1.54, 1.807) is 11.4 Å². The van der Waals surface area contributed by atoms with Gasteiger partial charge in [0.05, 0.1) is 11.4 Å². The highest BCUT2D eigenvalue weighted by molar-refractivity contribution is 9.10. The van der Waals surface area contributed by atoms with Crippen LogP contribution >= 0.6 is 15.9 Å². The Kier molecular flexibility index (Phi) is 4.30. The molecule has 21 heavy (non-hydrogen) atoms. The first-order valence-corrected chi connectivity index (χ1v) is 6.54. The summed E-state index contributed by atoms with van der Waals surface area (Å²) in [5, 5.41) is 25.9. The molecule has 1 amide bonds. The van der Waals surface area contributed by atoms with Gasteiger partial charge < -0.3 is 26.2 Å². The minimum atomic E-state index is -4.96. The van der Waals surface area contributed by atoms with Gasteiger partial charge in [-0.2, -0.15) is 13.2 Å². The lowest BCUT2D eigenvalue weighted by Crippen LogP contribution is -2.43. The number of alkyl halides is 3. The smallest absolute Gasteiger partial charge is 0.369 e. The van der Waals surface area contributed by atoms with Crippen molar-refractivity contribution in [2.45, 2.75) is 25.2 Å². The summed E-state index contributed by atoms with van der Waals surface area (Å²) in [6.45, 7) is -0.391. The number of nitrogens with one attached hydrogen (secondary N) is 3. The summed E-state index contributed by atoms with van der Waals surface area (Å²) in [5.41, 5.74) is 1.01. The average molecular weight is 370 g/mol. The molecule has 1 heterocycles. The Hall–Kier alpha value is -1.52. The monoisotopic (exact) mass is 369 g/mol. The zero-order chi connectivity index (χ0) is 15.8. The van der Waals surface area contributed by atoms with Gasteiger partial charge in [-0.25, -0.2) is 0 Å². The Balaban J connectivity index is 2.23. The second-order valence-corrected chi connectivity index (χ2v) is 5.26. The molecule has 0 aliphatic carbocycles. The molecule has 0 bridgehead atoms. The number of hydrogen-bond donors (Lipinski definition) is 5. The molecule has 1 aliphatic heterocycles. The summed E-state index contributed by atoms with van der Waals surface area (Å²) in [4.78, 5) is 10.8. The molecule has 0 radical (unpaired) electrons. The van der Waals surface area contributed by atoms with Crippen LogP contribution in [-0.4, -0.2) is 34.8 Å². The maximum Gasteiger partial charge on any atom is 0.471 e. The molecule has 0 spiro atoms. The lowest BCUT2D eigenvalue weighted by Gasteiger charge is -2.31. The van der Waals surface area contributed by atoms with Gasteiger partial charge in [-0.1, -0.05) is 15.9 Å². The van der Waals surface area contributed by atoms with Gasteiger partial charge in [-0.05, 0) is 17.7 Å². The third kappa shape index (κ3) is 3.57. The van der Waals surface area contributed by atoms with Gasteiger partial charge in [-0.3, -0.25) is 4.79 Å². The molecule has 10 heteroatoms. The van der Waals surface area contributed by atoms with Crippen LogP contribution in [0.1, 0.15) is 5.56 Å². The highest BCUT2D eigenvalue weighted by atomic mass is 79.9. The fourth-order valence-corrected chi connectivity index (χ4v) is 2.33. The summed E-state index contributed by atoms with van der Waals surface area (Å²) in [6, 6.07) is 3.07. The summed E-state index contributed by atoms with van der Waals surface area (Å²) in [7, 11) is 0. The number of amides is 1. The zero-order valence-corrected chi connectivity index (χ0v) is 11.9. The van der Waals surface area contributed by atoms with Crippen LogP contribution in [0.15, 0.2) is 16.6 Å². The number of rotatable bonds is 2. The van der Waals surface area contributed by atoms with Crippen molar-refractivity contribution in [2.24, 2.45) is 0 Å². The molecule has 5 N–H and O–H groups in total. The van der Waals surface area contributed by atoms with E-state index in [1.165, 1.54) is 6.07 Å². The van der Waals surface area contributed by atoms with Gasteiger partial charge in [0.1, 0.15) is 0 Å². The van der Waals surface area contributed by atoms with Crippen LogP contribution < -0.4 is 16.0 Å². The van der Waals surface area contributed by atoms with E-state index in [9.17, 15) is 28.2 Å². The number of aliphatic hydroxyl groups excluding tert-OH is 2.